The molecule has 1 fully saturated rings. The molecule has 2 rings (SSSR count). The van der Waals surface area contributed by atoms with E-state index in [1.54, 1.807) is 0 Å². The number of aliphatic hydroxyl groups is 3. The number of benzene rings is 1. The van der Waals surface area contributed by atoms with Gasteiger partial charge >= 0.3 is 0 Å². The fourth-order valence-corrected chi connectivity index (χ4v) is 1.68. The highest BCUT2D eigenvalue weighted by Gasteiger charge is 2.38. The predicted octanol–water partition coefficient (Wildman–Crippen LogP) is -0.358. The van der Waals surface area contributed by atoms with E-state index in [9.17, 15) is 15.3 Å². The van der Waals surface area contributed by atoms with Gasteiger partial charge in [0.25, 0.3) is 0 Å². The summed E-state index contributed by atoms with van der Waals surface area (Å²) in [6.45, 7) is 0.239. The van der Waals surface area contributed by atoms with Crippen LogP contribution < -0.4 is 0 Å². The van der Waals surface area contributed by atoms with Crippen molar-refractivity contribution in [1.29, 1.82) is 0 Å². The Morgan fingerprint density at radius 3 is 2.53 bits per heavy atom. The summed E-state index contributed by atoms with van der Waals surface area (Å²) >= 11 is 0. The molecule has 0 radical (unpaired) electrons. The van der Waals surface area contributed by atoms with Gasteiger partial charge in [-0.05, 0) is 5.56 Å². The molecule has 0 spiro atoms. The fraction of sp³-hybridized carbons (Fsp3) is 0.500. The summed E-state index contributed by atoms with van der Waals surface area (Å²) < 4.78 is 10.5. The maximum atomic E-state index is 9.63. The van der Waals surface area contributed by atoms with Crippen LogP contribution in [0.25, 0.3) is 0 Å². The minimum atomic E-state index is -1.23. The fourth-order valence-electron chi connectivity index (χ4n) is 1.68. The first-order valence-corrected chi connectivity index (χ1v) is 5.50. The van der Waals surface area contributed by atoms with Gasteiger partial charge in [0.05, 0.1) is 13.2 Å². The van der Waals surface area contributed by atoms with Crippen molar-refractivity contribution in [3.05, 3.63) is 35.9 Å². The summed E-state index contributed by atoms with van der Waals surface area (Å²) in [5, 5.41) is 28.3. The molecular weight excluding hydrogens is 224 g/mol. The van der Waals surface area contributed by atoms with Crippen molar-refractivity contribution in [1.82, 2.24) is 0 Å². The van der Waals surface area contributed by atoms with Gasteiger partial charge in [-0.3, -0.25) is 0 Å². The maximum Gasteiger partial charge on any atom is 0.186 e. The van der Waals surface area contributed by atoms with Gasteiger partial charge in [-0.15, -0.1) is 0 Å². The molecule has 1 aliphatic rings. The standard InChI is InChI=1S/C12H16O5/c13-9-7-17-12(11(15)10(9)14)16-6-8-4-2-1-3-5-8/h1-5,9-15H,6-7H2/t9-,10?,11?,12-/m1/s1. The Labute approximate surface area is 99.2 Å². The zero-order valence-corrected chi connectivity index (χ0v) is 9.27. The van der Waals surface area contributed by atoms with Gasteiger partial charge in [0.2, 0.25) is 0 Å². The number of ether oxygens (including phenoxy) is 2. The SMILES string of the molecule is OC1C(O)[C@H](O)CO[C@H]1OCc1ccccc1. The van der Waals surface area contributed by atoms with Gasteiger partial charge in [0, 0.05) is 0 Å². The lowest BCUT2D eigenvalue weighted by atomic mass is 10.1. The van der Waals surface area contributed by atoms with Crippen LogP contribution in [0, 0.1) is 0 Å². The molecule has 0 saturated carbocycles. The van der Waals surface area contributed by atoms with Crippen LogP contribution in [0.15, 0.2) is 30.3 Å². The van der Waals surface area contributed by atoms with Gasteiger partial charge in [-0.2, -0.15) is 0 Å². The third-order valence-corrected chi connectivity index (χ3v) is 2.71. The molecule has 4 atom stereocenters. The van der Waals surface area contributed by atoms with Gasteiger partial charge in [0.15, 0.2) is 6.29 Å². The molecule has 1 aromatic carbocycles. The third-order valence-electron chi connectivity index (χ3n) is 2.71. The highest BCUT2D eigenvalue weighted by atomic mass is 16.7. The molecule has 1 aromatic rings. The molecule has 2 unspecified atom stereocenters. The molecule has 17 heavy (non-hydrogen) atoms. The van der Waals surface area contributed by atoms with Crippen molar-refractivity contribution in [2.75, 3.05) is 6.61 Å². The summed E-state index contributed by atoms with van der Waals surface area (Å²) in [5.74, 6) is 0. The zero-order valence-electron chi connectivity index (χ0n) is 9.27. The Hall–Kier alpha value is -0.980. The van der Waals surface area contributed by atoms with Crippen LogP contribution in [0.1, 0.15) is 5.56 Å². The van der Waals surface area contributed by atoms with E-state index >= 15 is 0 Å². The molecule has 1 heterocycles. The summed E-state index contributed by atoms with van der Waals surface area (Å²) in [6, 6.07) is 9.45. The van der Waals surface area contributed by atoms with E-state index in [0.29, 0.717) is 0 Å². The first-order valence-electron chi connectivity index (χ1n) is 5.50. The number of aliphatic hydroxyl groups excluding tert-OH is 3. The van der Waals surface area contributed by atoms with Crippen molar-refractivity contribution in [3.8, 4) is 0 Å². The van der Waals surface area contributed by atoms with Crippen molar-refractivity contribution < 1.29 is 24.8 Å². The lowest BCUT2D eigenvalue weighted by Crippen LogP contribution is -2.53. The van der Waals surface area contributed by atoms with Crippen molar-refractivity contribution in [2.24, 2.45) is 0 Å². The van der Waals surface area contributed by atoms with E-state index in [1.165, 1.54) is 0 Å². The van der Waals surface area contributed by atoms with E-state index in [0.717, 1.165) is 5.56 Å². The Balaban J connectivity index is 1.87. The Morgan fingerprint density at radius 1 is 1.12 bits per heavy atom. The monoisotopic (exact) mass is 240 g/mol. The number of hydrogen-bond donors (Lipinski definition) is 3. The highest BCUT2D eigenvalue weighted by molar-refractivity contribution is 5.13. The Kier molecular flexibility index (Phi) is 4.09. The maximum absolute atomic E-state index is 9.63. The predicted molar refractivity (Wildman–Crippen MR) is 59.0 cm³/mol. The van der Waals surface area contributed by atoms with Crippen LogP contribution >= 0.6 is 0 Å². The van der Waals surface area contributed by atoms with E-state index in [2.05, 4.69) is 0 Å². The molecule has 5 nitrogen and oxygen atoms in total. The summed E-state index contributed by atoms with van der Waals surface area (Å²) in [7, 11) is 0. The molecule has 5 heteroatoms. The lowest BCUT2D eigenvalue weighted by molar-refractivity contribution is -0.273. The average Bonchev–Trinajstić information content (AvgIpc) is 2.36. The van der Waals surface area contributed by atoms with Gasteiger partial charge < -0.3 is 24.8 Å². The molecule has 0 aliphatic carbocycles. The van der Waals surface area contributed by atoms with E-state index in [4.69, 9.17) is 9.47 Å². The molecular formula is C12H16O5. The normalized spacial score (nSPS) is 33.6. The van der Waals surface area contributed by atoms with Crippen LogP contribution in [0.2, 0.25) is 0 Å². The molecule has 1 aliphatic heterocycles. The molecule has 0 bridgehead atoms. The summed E-state index contributed by atoms with van der Waals surface area (Å²) in [4.78, 5) is 0. The first kappa shape index (κ1) is 12.5. The Bertz CT molecular complexity index is 342. The first-order chi connectivity index (χ1) is 8.18. The van der Waals surface area contributed by atoms with Crippen molar-refractivity contribution in [2.45, 2.75) is 31.2 Å². The summed E-state index contributed by atoms with van der Waals surface area (Å²) in [6.07, 6.45) is -4.44. The average molecular weight is 240 g/mol. The van der Waals surface area contributed by atoms with Crippen molar-refractivity contribution >= 4 is 0 Å². The van der Waals surface area contributed by atoms with Crippen molar-refractivity contribution in [3.63, 3.8) is 0 Å². The van der Waals surface area contributed by atoms with Crippen LogP contribution in [0.5, 0.6) is 0 Å². The third kappa shape index (κ3) is 3.02. The van der Waals surface area contributed by atoms with Crippen LogP contribution in [0.3, 0.4) is 0 Å². The lowest BCUT2D eigenvalue weighted by Gasteiger charge is -2.34. The molecule has 3 N–H and O–H groups in total. The van der Waals surface area contributed by atoms with E-state index < -0.39 is 24.6 Å². The second-order valence-electron chi connectivity index (χ2n) is 4.05. The second-order valence-corrected chi connectivity index (χ2v) is 4.05. The summed E-state index contributed by atoms with van der Waals surface area (Å²) in [5.41, 5.74) is 0.948. The molecule has 0 amide bonds. The zero-order chi connectivity index (χ0) is 12.3. The largest absolute Gasteiger partial charge is 0.388 e. The highest BCUT2D eigenvalue weighted by Crippen LogP contribution is 2.17. The van der Waals surface area contributed by atoms with E-state index in [-0.39, 0.29) is 13.2 Å². The molecule has 1 saturated heterocycles. The smallest absolute Gasteiger partial charge is 0.186 e. The minimum absolute atomic E-state index is 0.0440. The topological polar surface area (TPSA) is 79.2 Å². The molecule has 94 valence electrons. The number of rotatable bonds is 3. The number of hydrogen-bond acceptors (Lipinski definition) is 5. The van der Waals surface area contributed by atoms with Gasteiger partial charge in [-0.25, -0.2) is 0 Å². The molecule has 0 aromatic heterocycles. The van der Waals surface area contributed by atoms with Crippen LogP contribution in [-0.4, -0.2) is 46.5 Å². The van der Waals surface area contributed by atoms with Crippen LogP contribution in [0.4, 0.5) is 0 Å². The second kappa shape index (κ2) is 5.57. The van der Waals surface area contributed by atoms with Gasteiger partial charge in [-0.1, -0.05) is 30.3 Å². The van der Waals surface area contributed by atoms with Gasteiger partial charge in [0.1, 0.15) is 18.3 Å². The Morgan fingerprint density at radius 2 is 1.82 bits per heavy atom. The van der Waals surface area contributed by atoms with Crippen LogP contribution in [-0.2, 0) is 16.1 Å². The van der Waals surface area contributed by atoms with E-state index in [1.807, 2.05) is 30.3 Å². The quantitative estimate of drug-likeness (QED) is 0.672. The minimum Gasteiger partial charge on any atom is -0.388 e.